The third-order valence-electron chi connectivity index (χ3n) is 4.20. The quantitative estimate of drug-likeness (QED) is 0.461. The van der Waals surface area contributed by atoms with Gasteiger partial charge < -0.3 is 15.2 Å². The predicted molar refractivity (Wildman–Crippen MR) is 109 cm³/mol. The number of halogens is 1. The van der Waals surface area contributed by atoms with Crippen LogP contribution in [0.5, 0.6) is 5.88 Å². The third kappa shape index (κ3) is 4.64. The Morgan fingerprint density at radius 3 is 2.53 bits per heavy atom. The molecule has 0 saturated carbocycles. The molecule has 1 heterocycles. The molecule has 0 bridgehead atoms. The number of benzene rings is 2. The van der Waals surface area contributed by atoms with Gasteiger partial charge >= 0.3 is 5.97 Å². The van der Waals surface area contributed by atoms with Gasteiger partial charge in [0, 0.05) is 16.0 Å². The number of esters is 1. The van der Waals surface area contributed by atoms with Gasteiger partial charge in [0.15, 0.2) is 5.69 Å². The molecule has 0 unspecified atom stereocenters. The Labute approximate surface area is 175 Å². The molecule has 0 atom stereocenters. The molecule has 3 aromatic rings. The van der Waals surface area contributed by atoms with Gasteiger partial charge in [0.05, 0.1) is 12.6 Å². The van der Waals surface area contributed by atoms with Crippen LogP contribution in [0, 0.1) is 0 Å². The Kier molecular flexibility index (Phi) is 6.43. The Hall–Kier alpha value is -3.72. The number of methoxy groups -OCH3 is 1. The van der Waals surface area contributed by atoms with Crippen molar-refractivity contribution in [2.24, 2.45) is 10.2 Å². The number of aromatic hydroxyl groups is 1. The second kappa shape index (κ2) is 9.19. The zero-order valence-corrected chi connectivity index (χ0v) is 16.6. The minimum absolute atomic E-state index is 0.0341. The molecule has 10 heteroatoms. The van der Waals surface area contributed by atoms with Crippen LogP contribution in [-0.4, -0.2) is 41.1 Å². The molecule has 30 heavy (non-hydrogen) atoms. The molecule has 1 aromatic heterocycles. The minimum atomic E-state index is -0.721. The lowest BCUT2D eigenvalue weighted by Gasteiger charge is -2.04. The van der Waals surface area contributed by atoms with Crippen molar-refractivity contribution in [2.75, 3.05) is 13.7 Å². The van der Waals surface area contributed by atoms with E-state index in [1.807, 2.05) is 0 Å². The van der Waals surface area contributed by atoms with E-state index in [9.17, 15) is 19.5 Å². The number of nitrogens with one attached hydrogen (secondary N) is 1. The largest absolute Gasteiger partial charge is 0.493 e. The molecule has 3 rings (SSSR count). The highest BCUT2D eigenvalue weighted by molar-refractivity contribution is 6.30. The molecule has 2 aromatic carbocycles. The van der Waals surface area contributed by atoms with Crippen molar-refractivity contribution < 1.29 is 24.2 Å². The fourth-order valence-electron chi connectivity index (χ4n) is 2.72. The van der Waals surface area contributed by atoms with Gasteiger partial charge in [0.2, 0.25) is 5.88 Å². The summed E-state index contributed by atoms with van der Waals surface area (Å²) >= 11 is 5.77. The smallest absolute Gasteiger partial charge is 0.325 e. The first-order valence-electron chi connectivity index (χ1n) is 8.76. The fraction of sp³-hybridized carbons (Fsp3) is 0.150. The van der Waals surface area contributed by atoms with Crippen LogP contribution >= 0.6 is 11.6 Å². The minimum Gasteiger partial charge on any atom is -0.493 e. The lowest BCUT2D eigenvalue weighted by molar-refractivity contribution is -0.141. The van der Waals surface area contributed by atoms with Crippen LogP contribution in [0.15, 0.2) is 58.8 Å². The molecule has 0 spiro atoms. The van der Waals surface area contributed by atoms with Crippen molar-refractivity contribution in [3.63, 3.8) is 0 Å². The summed E-state index contributed by atoms with van der Waals surface area (Å²) < 4.78 is 5.94. The first-order valence-corrected chi connectivity index (χ1v) is 9.14. The van der Waals surface area contributed by atoms with E-state index in [0.29, 0.717) is 21.5 Å². The van der Waals surface area contributed by atoms with Gasteiger partial charge in [0.1, 0.15) is 13.1 Å². The Morgan fingerprint density at radius 1 is 1.13 bits per heavy atom. The summed E-state index contributed by atoms with van der Waals surface area (Å²) in [6.45, 7) is -0.615. The maximum Gasteiger partial charge on any atom is 0.325 e. The summed E-state index contributed by atoms with van der Waals surface area (Å²) in [6, 6.07) is 13.0. The maximum absolute atomic E-state index is 12.0. The van der Waals surface area contributed by atoms with Crippen LogP contribution in [0.3, 0.4) is 0 Å². The summed E-state index contributed by atoms with van der Waals surface area (Å²) in [5.74, 6) is -2.08. The summed E-state index contributed by atoms with van der Waals surface area (Å²) in [5.41, 5.74) is 0.900. The van der Waals surface area contributed by atoms with Crippen molar-refractivity contribution in [3.05, 3.63) is 59.1 Å². The molecular weight excluding hydrogens is 412 g/mol. The van der Waals surface area contributed by atoms with Crippen molar-refractivity contribution in [1.82, 2.24) is 9.88 Å². The fourth-order valence-corrected chi connectivity index (χ4v) is 2.85. The lowest BCUT2D eigenvalue weighted by atomic mass is 10.2. The zero-order chi connectivity index (χ0) is 21.7. The van der Waals surface area contributed by atoms with Gasteiger partial charge in [-0.2, -0.15) is 0 Å². The van der Waals surface area contributed by atoms with Crippen LogP contribution in [0.4, 0.5) is 5.69 Å². The molecular formula is C20H17ClN4O5. The number of nitrogens with zero attached hydrogens (tertiary/aromatic N) is 3. The first kappa shape index (κ1) is 21.0. The standard InChI is InChI=1S/C20H17ClN4O5/c1-30-17(27)11-25-15-5-3-2-4-14(15)18(20(25)29)24-23-16(26)10-22-19(28)12-6-8-13(21)9-7-12/h2-9,29H,10-11H2,1H3,(H,22,28). The highest BCUT2D eigenvalue weighted by Crippen LogP contribution is 2.38. The maximum atomic E-state index is 12.0. The van der Waals surface area contributed by atoms with Gasteiger partial charge in [-0.1, -0.05) is 29.8 Å². The highest BCUT2D eigenvalue weighted by Gasteiger charge is 2.19. The third-order valence-corrected chi connectivity index (χ3v) is 4.45. The number of fused-ring (bicyclic) bond motifs is 1. The van der Waals surface area contributed by atoms with Crippen LogP contribution in [-0.2, 0) is 20.9 Å². The van der Waals surface area contributed by atoms with Gasteiger partial charge in [-0.15, -0.1) is 10.2 Å². The van der Waals surface area contributed by atoms with Crippen LogP contribution in [0.25, 0.3) is 10.9 Å². The number of amides is 2. The van der Waals surface area contributed by atoms with E-state index < -0.39 is 17.8 Å². The molecule has 0 radical (unpaired) electrons. The van der Waals surface area contributed by atoms with Crippen molar-refractivity contribution in [1.29, 1.82) is 0 Å². The van der Waals surface area contributed by atoms with E-state index in [1.54, 1.807) is 36.4 Å². The van der Waals surface area contributed by atoms with E-state index in [2.05, 4.69) is 20.3 Å². The average Bonchev–Trinajstić information content (AvgIpc) is 3.02. The molecule has 0 saturated heterocycles. The Morgan fingerprint density at radius 2 is 1.83 bits per heavy atom. The number of carbonyl (C=O) groups excluding carboxylic acids is 3. The molecule has 154 valence electrons. The lowest BCUT2D eigenvalue weighted by Crippen LogP contribution is -2.28. The normalized spacial score (nSPS) is 11.0. The number of ether oxygens (including phenoxy) is 1. The van der Waals surface area contributed by atoms with Crippen LogP contribution in [0.2, 0.25) is 5.02 Å². The number of carbonyl (C=O) groups is 3. The number of hydrogen-bond acceptors (Lipinski definition) is 6. The number of para-hydroxylation sites is 1. The summed E-state index contributed by atoms with van der Waals surface area (Å²) in [4.78, 5) is 35.7. The summed E-state index contributed by atoms with van der Waals surface area (Å²) in [6.07, 6.45) is 0. The number of rotatable bonds is 6. The van der Waals surface area contributed by atoms with Crippen LogP contribution in [0.1, 0.15) is 10.4 Å². The monoisotopic (exact) mass is 428 g/mol. The molecule has 0 aliphatic carbocycles. The Bertz CT molecular complexity index is 1140. The van der Waals surface area contributed by atoms with Crippen molar-refractivity contribution in [2.45, 2.75) is 6.54 Å². The number of hydrogen-bond donors (Lipinski definition) is 2. The van der Waals surface area contributed by atoms with Gasteiger partial charge in [-0.3, -0.25) is 19.0 Å². The highest BCUT2D eigenvalue weighted by atomic mass is 35.5. The molecule has 2 amide bonds. The van der Waals surface area contributed by atoms with Gasteiger partial charge in [-0.25, -0.2) is 0 Å². The van der Waals surface area contributed by atoms with Crippen molar-refractivity contribution in [3.8, 4) is 5.88 Å². The van der Waals surface area contributed by atoms with Gasteiger partial charge in [-0.05, 0) is 30.3 Å². The summed E-state index contributed by atoms with van der Waals surface area (Å²) in [5, 5.41) is 21.3. The second-order valence-corrected chi connectivity index (χ2v) is 6.57. The van der Waals surface area contributed by atoms with E-state index in [1.165, 1.54) is 23.8 Å². The molecule has 0 aliphatic rings. The van der Waals surface area contributed by atoms with E-state index >= 15 is 0 Å². The molecule has 9 nitrogen and oxygen atoms in total. The van der Waals surface area contributed by atoms with E-state index in [4.69, 9.17) is 11.6 Å². The van der Waals surface area contributed by atoms with E-state index in [-0.39, 0.29) is 24.7 Å². The van der Waals surface area contributed by atoms with E-state index in [0.717, 1.165) is 0 Å². The first-order chi connectivity index (χ1) is 14.4. The van der Waals surface area contributed by atoms with Crippen molar-refractivity contribution >= 4 is 46.0 Å². The Balaban J connectivity index is 1.74. The summed E-state index contributed by atoms with van der Waals surface area (Å²) in [7, 11) is 1.24. The number of aromatic nitrogens is 1. The van der Waals surface area contributed by atoms with Gasteiger partial charge in [0.25, 0.3) is 11.8 Å². The van der Waals surface area contributed by atoms with Crippen LogP contribution < -0.4 is 5.32 Å². The number of azo groups is 1. The molecule has 0 fully saturated rings. The average molecular weight is 429 g/mol. The SMILES string of the molecule is COC(=O)Cn1c(O)c(N=NC(=O)CNC(=O)c2ccc(Cl)cc2)c2ccccc21. The zero-order valence-electron chi connectivity index (χ0n) is 15.8. The second-order valence-electron chi connectivity index (χ2n) is 6.13. The molecule has 2 N–H and O–H groups in total. The topological polar surface area (TPSA) is 122 Å². The predicted octanol–water partition coefficient (Wildman–Crippen LogP) is 3.21. The molecule has 0 aliphatic heterocycles.